The Hall–Kier alpha value is -3.20. The van der Waals surface area contributed by atoms with E-state index in [4.69, 9.17) is 4.42 Å². The monoisotopic (exact) mass is 382 g/mol. The lowest BCUT2D eigenvalue weighted by molar-refractivity contribution is 0.529. The van der Waals surface area contributed by atoms with E-state index < -0.39 is 0 Å². The first-order chi connectivity index (χ1) is 13.9. The lowest BCUT2D eigenvalue weighted by atomic mass is 10.0. The van der Waals surface area contributed by atoms with Crippen LogP contribution in [-0.4, -0.2) is 5.66 Å². The quantitative estimate of drug-likeness (QED) is 0.370. The fourth-order valence-corrected chi connectivity index (χ4v) is 4.63. The van der Waals surface area contributed by atoms with Gasteiger partial charge >= 0.3 is 0 Å². The molecule has 3 heteroatoms. The molecule has 0 saturated carbocycles. The van der Waals surface area contributed by atoms with Gasteiger partial charge in [0.25, 0.3) is 0 Å². The van der Waals surface area contributed by atoms with Crippen LogP contribution in [0.5, 0.6) is 0 Å². The van der Waals surface area contributed by atoms with Crippen molar-refractivity contribution in [3.05, 3.63) is 83.7 Å². The summed E-state index contributed by atoms with van der Waals surface area (Å²) in [6, 6.07) is 19.4. The summed E-state index contributed by atoms with van der Waals surface area (Å²) in [6.45, 7) is 11.0. The minimum atomic E-state index is -0.266. The number of benzene rings is 3. The molecule has 1 aliphatic rings. The zero-order chi connectivity index (χ0) is 20.3. The van der Waals surface area contributed by atoms with Crippen LogP contribution in [0.2, 0.25) is 0 Å². The van der Waals surface area contributed by atoms with Gasteiger partial charge in [-0.2, -0.15) is 0 Å². The second-order valence-electron chi connectivity index (χ2n) is 8.58. The zero-order valence-electron chi connectivity index (χ0n) is 17.7. The van der Waals surface area contributed by atoms with Gasteiger partial charge in [-0.05, 0) is 69.5 Å². The fraction of sp³-hybridized carbons (Fsp3) is 0.231. The van der Waals surface area contributed by atoms with Crippen LogP contribution in [0, 0.1) is 20.8 Å². The molecule has 4 aromatic rings. The van der Waals surface area contributed by atoms with Crippen LogP contribution < -0.4 is 9.80 Å². The maximum absolute atomic E-state index is 6.36. The van der Waals surface area contributed by atoms with Gasteiger partial charge in [0, 0.05) is 28.9 Å². The Morgan fingerprint density at radius 2 is 1.45 bits per heavy atom. The number of hydrogen-bond donors (Lipinski definition) is 0. The van der Waals surface area contributed by atoms with E-state index in [0.29, 0.717) is 0 Å². The third-order valence-electron chi connectivity index (χ3n) is 5.99. The number of fused-ring (bicyclic) bond motifs is 3. The Labute approximate surface area is 171 Å². The fourth-order valence-electron chi connectivity index (χ4n) is 4.63. The van der Waals surface area contributed by atoms with Crippen LogP contribution >= 0.6 is 0 Å². The maximum atomic E-state index is 6.36. The molecule has 1 aliphatic heterocycles. The molecule has 0 amide bonds. The normalized spacial score (nSPS) is 15.8. The number of anilines is 2. The first kappa shape index (κ1) is 17.9. The van der Waals surface area contributed by atoms with Gasteiger partial charge in [0.1, 0.15) is 11.2 Å². The van der Waals surface area contributed by atoms with Gasteiger partial charge < -0.3 is 14.2 Å². The topological polar surface area (TPSA) is 19.6 Å². The first-order valence-electron chi connectivity index (χ1n) is 10.1. The van der Waals surface area contributed by atoms with Gasteiger partial charge in [-0.15, -0.1) is 0 Å². The van der Waals surface area contributed by atoms with Crippen LogP contribution in [0.3, 0.4) is 0 Å². The van der Waals surface area contributed by atoms with Crippen molar-refractivity contribution in [2.75, 3.05) is 9.80 Å². The summed E-state index contributed by atoms with van der Waals surface area (Å²) in [6.07, 6.45) is 4.35. The van der Waals surface area contributed by atoms with E-state index in [1.807, 2.05) is 12.1 Å². The van der Waals surface area contributed by atoms with Gasteiger partial charge in [0.2, 0.25) is 0 Å². The molecule has 3 nitrogen and oxygen atoms in total. The summed E-state index contributed by atoms with van der Waals surface area (Å²) in [4.78, 5) is 4.68. The minimum Gasteiger partial charge on any atom is -0.454 e. The average molecular weight is 383 g/mol. The van der Waals surface area contributed by atoms with Crippen molar-refractivity contribution in [2.24, 2.45) is 0 Å². The van der Waals surface area contributed by atoms with Crippen molar-refractivity contribution in [3.8, 4) is 0 Å². The van der Waals surface area contributed by atoms with Crippen LogP contribution in [0.4, 0.5) is 11.4 Å². The summed E-state index contributed by atoms with van der Waals surface area (Å²) in [5, 5.41) is 2.33. The van der Waals surface area contributed by atoms with E-state index in [1.54, 1.807) is 0 Å². The number of nitrogens with zero attached hydrogens (tertiary/aromatic N) is 2. The largest absolute Gasteiger partial charge is 0.454 e. The van der Waals surface area contributed by atoms with Crippen molar-refractivity contribution >= 4 is 33.3 Å². The van der Waals surface area contributed by atoms with Crippen LogP contribution in [0.25, 0.3) is 21.9 Å². The van der Waals surface area contributed by atoms with Crippen LogP contribution in [-0.2, 0) is 0 Å². The lowest BCUT2D eigenvalue weighted by Gasteiger charge is -2.41. The molecular weight excluding hydrogens is 356 g/mol. The molecule has 0 radical (unpaired) electrons. The van der Waals surface area contributed by atoms with E-state index >= 15 is 0 Å². The molecule has 2 heterocycles. The highest BCUT2D eigenvalue weighted by atomic mass is 16.3. The molecule has 0 bridgehead atoms. The Kier molecular flexibility index (Phi) is 3.79. The molecule has 0 saturated heterocycles. The number of rotatable bonds is 2. The van der Waals surface area contributed by atoms with Gasteiger partial charge in [-0.1, -0.05) is 36.4 Å². The molecule has 0 aliphatic carbocycles. The molecule has 0 unspecified atom stereocenters. The summed E-state index contributed by atoms with van der Waals surface area (Å²) in [5.74, 6) is 0. The van der Waals surface area contributed by atoms with E-state index in [0.717, 1.165) is 27.6 Å². The number of aryl methyl sites for hydroxylation is 3. The van der Waals surface area contributed by atoms with Crippen molar-refractivity contribution < 1.29 is 4.42 Å². The van der Waals surface area contributed by atoms with E-state index in [1.165, 1.54) is 22.4 Å². The molecule has 0 N–H and O–H groups in total. The highest BCUT2D eigenvalue weighted by Crippen LogP contribution is 2.43. The second-order valence-corrected chi connectivity index (χ2v) is 8.58. The summed E-state index contributed by atoms with van der Waals surface area (Å²) in [5.41, 5.74) is 7.71. The van der Waals surface area contributed by atoms with Crippen molar-refractivity contribution in [1.29, 1.82) is 0 Å². The summed E-state index contributed by atoms with van der Waals surface area (Å²) < 4.78 is 6.36. The van der Waals surface area contributed by atoms with Gasteiger partial charge in [-0.25, -0.2) is 0 Å². The molecule has 146 valence electrons. The maximum Gasteiger partial charge on any atom is 0.159 e. The third-order valence-corrected chi connectivity index (χ3v) is 5.99. The molecule has 0 spiro atoms. The lowest BCUT2D eigenvalue weighted by Crippen LogP contribution is -2.49. The molecule has 0 atom stereocenters. The number of hydrogen-bond acceptors (Lipinski definition) is 3. The highest BCUT2D eigenvalue weighted by molar-refractivity contribution is 6.09. The SMILES string of the molecule is Cc1cc(C)cc(N2C=CN(c3c(C)ccc4c3oc3ccccc34)C2(C)C)c1. The minimum absolute atomic E-state index is 0.266. The van der Waals surface area contributed by atoms with Crippen molar-refractivity contribution in [1.82, 2.24) is 0 Å². The van der Waals surface area contributed by atoms with Gasteiger partial charge in [-0.3, -0.25) is 0 Å². The van der Waals surface area contributed by atoms with E-state index in [9.17, 15) is 0 Å². The second kappa shape index (κ2) is 6.15. The zero-order valence-corrected chi connectivity index (χ0v) is 17.7. The Morgan fingerprint density at radius 3 is 2.21 bits per heavy atom. The molecular formula is C26H26N2O. The molecule has 1 aromatic heterocycles. The molecule has 5 rings (SSSR count). The summed E-state index contributed by atoms with van der Waals surface area (Å²) >= 11 is 0. The predicted molar refractivity (Wildman–Crippen MR) is 123 cm³/mol. The van der Waals surface area contributed by atoms with Crippen LogP contribution in [0.1, 0.15) is 30.5 Å². The first-order valence-corrected chi connectivity index (χ1v) is 10.1. The standard InChI is InChI=1S/C26H26N2O/c1-17-14-18(2)16-20(15-17)27-12-13-28(26(27,4)5)24-19(3)10-11-22-21-8-6-7-9-23(21)29-25(22)24/h6-16H,1-5H3. The molecule has 3 aromatic carbocycles. The Morgan fingerprint density at radius 1 is 0.759 bits per heavy atom. The van der Waals surface area contributed by atoms with Crippen LogP contribution in [0.15, 0.2) is 71.4 Å². The average Bonchev–Trinajstić information content (AvgIpc) is 3.18. The molecule has 29 heavy (non-hydrogen) atoms. The number of furan rings is 1. The smallest absolute Gasteiger partial charge is 0.159 e. The van der Waals surface area contributed by atoms with E-state index in [2.05, 4.69) is 99.3 Å². The molecule has 0 fully saturated rings. The predicted octanol–water partition coefficient (Wildman–Crippen LogP) is 7.05. The van der Waals surface area contributed by atoms with E-state index in [-0.39, 0.29) is 5.66 Å². The van der Waals surface area contributed by atoms with Gasteiger partial charge in [0.15, 0.2) is 5.58 Å². The van der Waals surface area contributed by atoms with Gasteiger partial charge in [0.05, 0.1) is 5.69 Å². The Bertz CT molecular complexity index is 1260. The summed E-state index contributed by atoms with van der Waals surface area (Å²) in [7, 11) is 0. The third kappa shape index (κ3) is 2.65. The van der Waals surface area contributed by atoms with Crippen molar-refractivity contribution in [3.63, 3.8) is 0 Å². The van der Waals surface area contributed by atoms with Crippen molar-refractivity contribution in [2.45, 2.75) is 40.3 Å². The highest BCUT2D eigenvalue weighted by Gasteiger charge is 2.38. The number of para-hydroxylation sites is 1. The Balaban J connectivity index is 1.68.